The zero-order valence-electron chi connectivity index (χ0n) is 17.4. The van der Waals surface area contributed by atoms with Crippen molar-refractivity contribution in [1.82, 2.24) is 15.2 Å². The summed E-state index contributed by atoms with van der Waals surface area (Å²) in [6, 6.07) is 15.8. The van der Waals surface area contributed by atoms with E-state index >= 15 is 0 Å². The molecule has 0 saturated heterocycles. The van der Waals surface area contributed by atoms with E-state index in [9.17, 15) is 9.90 Å². The van der Waals surface area contributed by atoms with Crippen LogP contribution in [0.3, 0.4) is 0 Å². The molecule has 7 nitrogen and oxygen atoms in total. The summed E-state index contributed by atoms with van der Waals surface area (Å²) in [5.74, 6) is 0.542. The molecule has 2 N–H and O–H groups in total. The summed E-state index contributed by atoms with van der Waals surface area (Å²) >= 11 is 0. The minimum atomic E-state index is -0.797. The highest BCUT2D eigenvalue weighted by atomic mass is 16.5. The molecule has 4 aromatic rings. The summed E-state index contributed by atoms with van der Waals surface area (Å²) in [5, 5.41) is 17.3. The fourth-order valence-corrected chi connectivity index (χ4v) is 4.23. The summed E-state index contributed by atoms with van der Waals surface area (Å²) in [6.45, 7) is 0.505. The Morgan fingerprint density at radius 2 is 2.16 bits per heavy atom. The van der Waals surface area contributed by atoms with Crippen molar-refractivity contribution in [2.24, 2.45) is 0 Å². The van der Waals surface area contributed by atoms with Crippen molar-refractivity contribution in [3.8, 4) is 11.5 Å². The number of carbonyl (C=O) groups is 1. The van der Waals surface area contributed by atoms with Crippen molar-refractivity contribution in [2.75, 3.05) is 6.61 Å². The Morgan fingerprint density at radius 3 is 3.00 bits per heavy atom. The second kappa shape index (κ2) is 8.70. The van der Waals surface area contributed by atoms with Gasteiger partial charge >= 0.3 is 5.97 Å². The Labute approximate surface area is 185 Å². The van der Waals surface area contributed by atoms with Crippen molar-refractivity contribution in [3.05, 3.63) is 83.8 Å². The molecule has 0 radical (unpaired) electrons. The number of carboxylic acid groups (broad SMARTS) is 1. The number of aromatic amines is 1. The van der Waals surface area contributed by atoms with Crippen LogP contribution in [0.5, 0.6) is 11.5 Å². The van der Waals surface area contributed by atoms with Gasteiger partial charge in [-0.3, -0.25) is 14.9 Å². The van der Waals surface area contributed by atoms with Crippen LogP contribution in [0.15, 0.2) is 67.1 Å². The van der Waals surface area contributed by atoms with Crippen LogP contribution in [0.25, 0.3) is 10.9 Å². The second-order valence-electron chi connectivity index (χ2n) is 8.02. The maximum Gasteiger partial charge on any atom is 0.303 e. The van der Waals surface area contributed by atoms with Gasteiger partial charge in [0.2, 0.25) is 0 Å². The second-order valence-corrected chi connectivity index (χ2v) is 8.02. The van der Waals surface area contributed by atoms with Gasteiger partial charge in [-0.15, -0.1) is 0 Å². The van der Waals surface area contributed by atoms with E-state index in [1.807, 2.05) is 48.7 Å². The van der Waals surface area contributed by atoms with Crippen LogP contribution < -0.4 is 9.47 Å². The molecule has 2 aromatic heterocycles. The lowest BCUT2D eigenvalue weighted by molar-refractivity contribution is -0.137. The number of hydrogen-bond acceptors (Lipinski definition) is 5. The first kappa shape index (κ1) is 20.1. The molecule has 7 heteroatoms. The van der Waals surface area contributed by atoms with Gasteiger partial charge in [0.1, 0.15) is 17.6 Å². The monoisotopic (exact) mass is 429 g/mol. The highest BCUT2D eigenvalue weighted by Crippen LogP contribution is 2.39. The molecule has 0 bridgehead atoms. The van der Waals surface area contributed by atoms with E-state index in [1.54, 1.807) is 12.4 Å². The molecule has 2 atom stereocenters. The minimum Gasteiger partial charge on any atom is -0.493 e. The van der Waals surface area contributed by atoms with Crippen LogP contribution in [0.4, 0.5) is 0 Å². The third-order valence-electron chi connectivity index (χ3n) is 5.83. The lowest BCUT2D eigenvalue weighted by Crippen LogP contribution is -2.17. The van der Waals surface area contributed by atoms with Gasteiger partial charge < -0.3 is 14.6 Å². The Hall–Kier alpha value is -3.87. The molecule has 0 amide bonds. The molecular weight excluding hydrogens is 406 g/mol. The lowest BCUT2D eigenvalue weighted by Gasteiger charge is -2.26. The van der Waals surface area contributed by atoms with Crippen LogP contribution in [-0.2, 0) is 11.2 Å². The van der Waals surface area contributed by atoms with Crippen molar-refractivity contribution in [1.29, 1.82) is 0 Å². The molecule has 2 aromatic carbocycles. The summed E-state index contributed by atoms with van der Waals surface area (Å²) < 4.78 is 12.3. The number of fused-ring (bicyclic) bond motifs is 2. The average Bonchev–Trinajstić information content (AvgIpc) is 3.27. The number of H-pyrrole nitrogens is 1. The van der Waals surface area contributed by atoms with E-state index in [1.165, 1.54) is 0 Å². The number of aliphatic carboxylic acids is 1. The highest BCUT2D eigenvalue weighted by Gasteiger charge is 2.25. The summed E-state index contributed by atoms with van der Waals surface area (Å²) in [6.07, 6.45) is 6.62. The van der Waals surface area contributed by atoms with Gasteiger partial charge in [0, 0.05) is 36.2 Å². The third kappa shape index (κ3) is 4.27. The van der Waals surface area contributed by atoms with Gasteiger partial charge in [0.05, 0.1) is 24.7 Å². The molecule has 0 spiro atoms. The van der Waals surface area contributed by atoms with Crippen LogP contribution in [0.1, 0.15) is 41.6 Å². The maximum atomic E-state index is 11.2. The number of carboxylic acids is 1. The first-order valence-electron chi connectivity index (χ1n) is 10.6. The Balaban J connectivity index is 1.45. The third-order valence-corrected chi connectivity index (χ3v) is 5.83. The van der Waals surface area contributed by atoms with E-state index in [0.29, 0.717) is 30.9 Å². The molecule has 1 aliphatic heterocycles. The molecule has 0 fully saturated rings. The summed E-state index contributed by atoms with van der Waals surface area (Å²) in [4.78, 5) is 15.4. The first-order chi connectivity index (χ1) is 15.7. The van der Waals surface area contributed by atoms with E-state index in [4.69, 9.17) is 9.47 Å². The average molecular weight is 429 g/mol. The Kier molecular flexibility index (Phi) is 5.46. The molecule has 162 valence electrons. The summed E-state index contributed by atoms with van der Waals surface area (Å²) in [5.41, 5.74) is 4.00. The van der Waals surface area contributed by atoms with Gasteiger partial charge in [-0.2, -0.15) is 5.10 Å². The van der Waals surface area contributed by atoms with E-state index in [2.05, 4.69) is 21.2 Å². The Morgan fingerprint density at radius 1 is 1.22 bits per heavy atom. The van der Waals surface area contributed by atoms with E-state index < -0.39 is 5.97 Å². The fourth-order valence-electron chi connectivity index (χ4n) is 4.23. The van der Waals surface area contributed by atoms with Crippen LogP contribution in [0, 0.1) is 0 Å². The SMILES string of the molecule is O=C(O)CC1CCOc2cc(OC(Cc3cccnc3)c3ccc4[nH]ncc4c3)ccc21. The Bertz CT molecular complexity index is 1240. The van der Waals surface area contributed by atoms with Gasteiger partial charge in [-0.05, 0) is 47.4 Å². The van der Waals surface area contributed by atoms with E-state index in [0.717, 1.165) is 27.6 Å². The van der Waals surface area contributed by atoms with Crippen LogP contribution >= 0.6 is 0 Å². The zero-order valence-corrected chi connectivity index (χ0v) is 17.4. The number of nitrogens with one attached hydrogen (secondary N) is 1. The van der Waals surface area contributed by atoms with Crippen molar-refractivity contribution in [2.45, 2.75) is 31.3 Å². The highest BCUT2D eigenvalue weighted by molar-refractivity contribution is 5.78. The van der Waals surface area contributed by atoms with E-state index in [-0.39, 0.29) is 18.4 Å². The van der Waals surface area contributed by atoms with Crippen molar-refractivity contribution in [3.63, 3.8) is 0 Å². The fraction of sp³-hybridized carbons (Fsp3) is 0.240. The van der Waals surface area contributed by atoms with Crippen molar-refractivity contribution < 1.29 is 19.4 Å². The molecule has 5 rings (SSSR count). The van der Waals surface area contributed by atoms with Crippen LogP contribution in [-0.4, -0.2) is 32.9 Å². The summed E-state index contributed by atoms with van der Waals surface area (Å²) in [7, 11) is 0. The molecule has 0 saturated carbocycles. The number of benzene rings is 2. The first-order valence-corrected chi connectivity index (χ1v) is 10.6. The molecule has 3 heterocycles. The standard InChI is InChI=1S/C25H23N3O4/c29-25(30)12-17-7-9-31-24-13-20(4-5-21(17)24)32-23(10-16-2-1-8-26-14-16)18-3-6-22-19(11-18)15-27-28-22/h1-6,8,11,13-15,17,23H,7,9-10,12H2,(H,27,28)(H,29,30). The lowest BCUT2D eigenvalue weighted by atomic mass is 9.90. The van der Waals surface area contributed by atoms with Gasteiger partial charge in [0.15, 0.2) is 0 Å². The largest absolute Gasteiger partial charge is 0.493 e. The number of ether oxygens (including phenoxy) is 2. The number of pyridine rings is 1. The maximum absolute atomic E-state index is 11.2. The quantitative estimate of drug-likeness (QED) is 0.443. The molecule has 0 aliphatic carbocycles. The number of nitrogens with zero attached hydrogens (tertiary/aromatic N) is 2. The normalized spacial score (nSPS) is 16.2. The zero-order chi connectivity index (χ0) is 21.9. The van der Waals surface area contributed by atoms with Gasteiger partial charge in [-0.25, -0.2) is 0 Å². The smallest absolute Gasteiger partial charge is 0.303 e. The predicted octanol–water partition coefficient (Wildman–Crippen LogP) is 4.66. The number of aromatic nitrogens is 3. The molecule has 2 unspecified atom stereocenters. The van der Waals surface area contributed by atoms with Gasteiger partial charge in [0.25, 0.3) is 0 Å². The number of rotatable bonds is 7. The molecule has 1 aliphatic rings. The topological polar surface area (TPSA) is 97.3 Å². The molecular formula is C25H23N3O4. The van der Waals surface area contributed by atoms with Crippen molar-refractivity contribution >= 4 is 16.9 Å². The predicted molar refractivity (Wildman–Crippen MR) is 119 cm³/mol. The van der Waals surface area contributed by atoms with Crippen LogP contribution in [0.2, 0.25) is 0 Å². The number of hydrogen-bond donors (Lipinski definition) is 2. The minimum absolute atomic E-state index is 0.0417. The van der Waals surface area contributed by atoms with Gasteiger partial charge in [-0.1, -0.05) is 18.2 Å². The molecule has 32 heavy (non-hydrogen) atoms.